The fourth-order valence-electron chi connectivity index (χ4n) is 3.56. The quantitative estimate of drug-likeness (QED) is 0.553. The van der Waals surface area contributed by atoms with Gasteiger partial charge in [0.1, 0.15) is 25.1 Å². The molecule has 0 saturated carbocycles. The van der Waals surface area contributed by atoms with Crippen molar-refractivity contribution in [1.82, 2.24) is 0 Å². The van der Waals surface area contributed by atoms with Gasteiger partial charge in [0.25, 0.3) is 0 Å². The van der Waals surface area contributed by atoms with E-state index in [0.717, 1.165) is 6.42 Å². The molecule has 0 bridgehead atoms. The highest BCUT2D eigenvalue weighted by Crippen LogP contribution is 2.24. The Balaban J connectivity index is 1.38. The molecule has 0 aliphatic carbocycles. The van der Waals surface area contributed by atoms with E-state index in [2.05, 4.69) is 45.0 Å². The van der Waals surface area contributed by atoms with Crippen LogP contribution in [0, 0.1) is 0 Å². The first-order chi connectivity index (χ1) is 15.5. The Bertz CT molecular complexity index is 896. The number of hydrogen-bond donors (Lipinski definition) is 1. The summed E-state index contributed by atoms with van der Waals surface area (Å²) in [5, 5.41) is 10.3. The highest BCUT2D eigenvalue weighted by atomic mass is 16.7. The molecule has 0 amide bonds. The molecule has 1 saturated heterocycles. The lowest BCUT2D eigenvalue weighted by Crippen LogP contribution is -2.25. The minimum atomic E-state index is -0.641. The lowest BCUT2D eigenvalue weighted by molar-refractivity contribution is -0.142. The number of carbonyl (C=O) groups is 1. The molecular weight excluding hydrogens is 420 g/mol. The molecule has 6 heteroatoms. The summed E-state index contributed by atoms with van der Waals surface area (Å²) >= 11 is 0. The molecule has 1 heterocycles. The number of aryl methyl sites for hydroxylation is 1. The lowest BCUT2D eigenvalue weighted by Gasteiger charge is -2.19. The normalized spacial score (nSPS) is 18.7. The third-order valence-corrected chi connectivity index (χ3v) is 5.59. The smallest absolute Gasteiger partial charge is 0.338 e. The number of aliphatic hydroxyl groups is 1. The molecular formula is C27H36O6. The first kappa shape index (κ1) is 25.2. The predicted molar refractivity (Wildman–Crippen MR) is 127 cm³/mol. The van der Waals surface area contributed by atoms with Gasteiger partial charge in [-0.15, -0.1) is 0 Å². The van der Waals surface area contributed by atoms with Crippen LogP contribution in [0.5, 0.6) is 5.75 Å². The van der Waals surface area contributed by atoms with E-state index < -0.39 is 17.9 Å². The van der Waals surface area contributed by atoms with E-state index in [-0.39, 0.29) is 24.7 Å². The third-order valence-electron chi connectivity index (χ3n) is 5.59. The second-order valence-electron chi connectivity index (χ2n) is 10.0. The van der Waals surface area contributed by atoms with Gasteiger partial charge in [-0.2, -0.15) is 0 Å². The SMILES string of the molecule is CC1(C)OCC(COC(=O)c2ccc(OCC(O)CCc3ccc(C(C)(C)C)cc3)cc2)O1. The summed E-state index contributed by atoms with van der Waals surface area (Å²) in [6.07, 6.45) is 0.565. The summed E-state index contributed by atoms with van der Waals surface area (Å²) in [5.41, 5.74) is 3.06. The molecule has 1 aliphatic heterocycles. The van der Waals surface area contributed by atoms with Crippen molar-refractivity contribution < 1.29 is 28.8 Å². The zero-order valence-corrected chi connectivity index (χ0v) is 20.3. The number of esters is 1. The van der Waals surface area contributed by atoms with Crippen LogP contribution in [-0.4, -0.2) is 48.9 Å². The maximum Gasteiger partial charge on any atom is 0.338 e. The van der Waals surface area contributed by atoms with Gasteiger partial charge in [0.05, 0.1) is 18.3 Å². The number of benzene rings is 2. The van der Waals surface area contributed by atoms with E-state index in [0.29, 0.717) is 24.3 Å². The van der Waals surface area contributed by atoms with Gasteiger partial charge in [0.2, 0.25) is 0 Å². The lowest BCUT2D eigenvalue weighted by atomic mass is 9.86. The molecule has 0 aromatic heterocycles. The van der Waals surface area contributed by atoms with E-state index in [1.165, 1.54) is 11.1 Å². The third kappa shape index (κ3) is 7.84. The number of carbonyl (C=O) groups excluding carboxylic acids is 1. The average molecular weight is 457 g/mol. The molecule has 180 valence electrons. The Labute approximate surface area is 196 Å². The Hall–Kier alpha value is -2.41. The molecule has 1 N–H and O–H groups in total. The van der Waals surface area contributed by atoms with Gasteiger partial charge in [-0.3, -0.25) is 0 Å². The molecule has 33 heavy (non-hydrogen) atoms. The van der Waals surface area contributed by atoms with Crippen LogP contribution in [-0.2, 0) is 26.0 Å². The van der Waals surface area contributed by atoms with Crippen LogP contribution in [0.1, 0.15) is 62.5 Å². The van der Waals surface area contributed by atoms with Gasteiger partial charge in [-0.05, 0) is 67.5 Å². The van der Waals surface area contributed by atoms with Crippen LogP contribution < -0.4 is 4.74 Å². The van der Waals surface area contributed by atoms with E-state index >= 15 is 0 Å². The van der Waals surface area contributed by atoms with Gasteiger partial charge < -0.3 is 24.1 Å². The fourth-order valence-corrected chi connectivity index (χ4v) is 3.56. The minimum absolute atomic E-state index is 0.134. The van der Waals surface area contributed by atoms with Crippen LogP contribution in [0.25, 0.3) is 0 Å². The molecule has 2 unspecified atom stereocenters. The van der Waals surface area contributed by atoms with E-state index in [1.54, 1.807) is 24.3 Å². The van der Waals surface area contributed by atoms with Crippen molar-refractivity contribution in [2.75, 3.05) is 19.8 Å². The zero-order valence-electron chi connectivity index (χ0n) is 20.3. The van der Waals surface area contributed by atoms with Crippen molar-refractivity contribution in [3.63, 3.8) is 0 Å². The number of ether oxygens (including phenoxy) is 4. The highest BCUT2D eigenvalue weighted by molar-refractivity contribution is 5.89. The summed E-state index contributed by atoms with van der Waals surface area (Å²) < 4.78 is 22.1. The second kappa shape index (κ2) is 10.7. The van der Waals surface area contributed by atoms with Crippen molar-refractivity contribution in [1.29, 1.82) is 0 Å². The molecule has 2 atom stereocenters. The minimum Gasteiger partial charge on any atom is -0.491 e. The Kier molecular flexibility index (Phi) is 8.16. The number of hydrogen-bond acceptors (Lipinski definition) is 6. The fraction of sp³-hybridized carbons (Fsp3) is 0.519. The monoisotopic (exact) mass is 456 g/mol. The predicted octanol–water partition coefficient (Wildman–Crippen LogP) is 4.66. The molecule has 2 aromatic carbocycles. The maximum atomic E-state index is 12.2. The Morgan fingerprint density at radius 3 is 2.36 bits per heavy atom. The Morgan fingerprint density at radius 2 is 1.79 bits per heavy atom. The van der Waals surface area contributed by atoms with Crippen LogP contribution in [0.3, 0.4) is 0 Å². The van der Waals surface area contributed by atoms with E-state index in [1.807, 2.05) is 13.8 Å². The molecule has 3 rings (SSSR count). The molecule has 1 aliphatic rings. The van der Waals surface area contributed by atoms with Crippen LogP contribution >= 0.6 is 0 Å². The van der Waals surface area contributed by atoms with Crippen molar-refractivity contribution in [3.05, 3.63) is 65.2 Å². The Morgan fingerprint density at radius 1 is 1.12 bits per heavy atom. The van der Waals surface area contributed by atoms with Crippen molar-refractivity contribution in [2.24, 2.45) is 0 Å². The summed E-state index contributed by atoms with van der Waals surface area (Å²) in [4.78, 5) is 12.2. The molecule has 6 nitrogen and oxygen atoms in total. The average Bonchev–Trinajstić information content (AvgIpc) is 3.13. The van der Waals surface area contributed by atoms with Crippen LogP contribution in [0.4, 0.5) is 0 Å². The zero-order chi connectivity index (χ0) is 24.1. The van der Waals surface area contributed by atoms with Crippen molar-refractivity contribution >= 4 is 5.97 Å². The first-order valence-electron chi connectivity index (χ1n) is 11.5. The standard InChI is InChI=1S/C27H36O6/c1-26(2,3)21-11-6-19(7-12-21)8-13-22(28)16-30-23-14-9-20(10-15-23)25(29)31-17-24-18-32-27(4,5)33-24/h6-7,9-12,14-15,22,24,28H,8,13,16-18H2,1-5H3. The molecule has 0 radical (unpaired) electrons. The number of aliphatic hydroxyl groups excluding tert-OH is 1. The van der Waals surface area contributed by atoms with Crippen molar-refractivity contribution in [3.8, 4) is 5.75 Å². The maximum absolute atomic E-state index is 12.2. The molecule has 0 spiro atoms. The summed E-state index contributed by atoms with van der Waals surface area (Å²) in [6.45, 7) is 11.0. The number of rotatable bonds is 9. The van der Waals surface area contributed by atoms with Gasteiger partial charge in [0, 0.05) is 0 Å². The molecule has 2 aromatic rings. The summed E-state index contributed by atoms with van der Waals surface area (Å²) in [5.74, 6) is -0.473. The van der Waals surface area contributed by atoms with E-state index in [9.17, 15) is 9.90 Å². The van der Waals surface area contributed by atoms with Crippen molar-refractivity contribution in [2.45, 2.75) is 70.9 Å². The van der Waals surface area contributed by atoms with Gasteiger partial charge in [0.15, 0.2) is 5.79 Å². The largest absolute Gasteiger partial charge is 0.491 e. The topological polar surface area (TPSA) is 74.2 Å². The van der Waals surface area contributed by atoms with Gasteiger partial charge in [-0.25, -0.2) is 4.79 Å². The summed E-state index contributed by atoms with van der Waals surface area (Å²) in [6, 6.07) is 15.3. The van der Waals surface area contributed by atoms with Gasteiger partial charge in [-0.1, -0.05) is 45.0 Å². The second-order valence-corrected chi connectivity index (χ2v) is 10.0. The van der Waals surface area contributed by atoms with Crippen LogP contribution in [0.15, 0.2) is 48.5 Å². The molecule has 1 fully saturated rings. The highest BCUT2D eigenvalue weighted by Gasteiger charge is 2.33. The van der Waals surface area contributed by atoms with E-state index in [4.69, 9.17) is 18.9 Å². The summed E-state index contributed by atoms with van der Waals surface area (Å²) in [7, 11) is 0. The van der Waals surface area contributed by atoms with Gasteiger partial charge >= 0.3 is 5.97 Å². The first-order valence-corrected chi connectivity index (χ1v) is 11.5. The van der Waals surface area contributed by atoms with Crippen LogP contribution in [0.2, 0.25) is 0 Å².